The van der Waals surface area contributed by atoms with Gasteiger partial charge in [-0.2, -0.15) is 0 Å². The molecule has 5 nitrogen and oxygen atoms in total. The molecule has 118 valence electrons. The van der Waals surface area contributed by atoms with Crippen molar-refractivity contribution in [2.75, 3.05) is 13.7 Å². The summed E-state index contributed by atoms with van der Waals surface area (Å²) >= 11 is 0. The van der Waals surface area contributed by atoms with Gasteiger partial charge in [0.25, 0.3) is 0 Å². The molecular weight excluding hydrogens is 266 g/mol. The first-order valence-electron chi connectivity index (χ1n) is 7.26. The first-order valence-corrected chi connectivity index (χ1v) is 7.26. The number of nitrogens with two attached hydrogens (primary N) is 1. The van der Waals surface area contributed by atoms with Gasteiger partial charge in [0.05, 0.1) is 7.11 Å². The largest absolute Gasteiger partial charge is 0.497 e. The molecule has 0 aliphatic rings. The monoisotopic (exact) mass is 293 g/mol. The van der Waals surface area contributed by atoms with Gasteiger partial charge in [0.1, 0.15) is 11.6 Å². The predicted octanol–water partition coefficient (Wildman–Crippen LogP) is 2.90. The van der Waals surface area contributed by atoms with Gasteiger partial charge in [-0.15, -0.1) is 0 Å². The fraction of sp³-hybridized carbons (Fsp3) is 0.562. The second-order valence-electron chi connectivity index (χ2n) is 5.93. The van der Waals surface area contributed by atoms with Crippen LogP contribution in [-0.4, -0.2) is 24.7 Å². The number of methoxy groups -OCH3 is 1. The number of ether oxygens (including phenoxy) is 1. The first kappa shape index (κ1) is 17.3. The van der Waals surface area contributed by atoms with E-state index in [4.69, 9.17) is 15.7 Å². The number of rotatable bonds is 8. The minimum absolute atomic E-state index is 0.257. The zero-order valence-corrected chi connectivity index (χ0v) is 13.4. The normalized spacial score (nSPS) is 14.0. The van der Waals surface area contributed by atoms with Crippen LogP contribution in [0.3, 0.4) is 0 Å². The standard InChI is InChI=1S/C16H27N3O2/c1-12(13-7-5-8-14(11-13)21-4)18-10-6-9-16(2,3)15(17)19-20/h5,7-8,11-12,18,20H,6,9-10H2,1-4H3,(H2,17,19)/t12-/m1/s1. The minimum Gasteiger partial charge on any atom is -0.497 e. The average molecular weight is 293 g/mol. The van der Waals surface area contributed by atoms with Gasteiger partial charge in [0.15, 0.2) is 0 Å². The molecule has 0 aromatic heterocycles. The summed E-state index contributed by atoms with van der Waals surface area (Å²) in [6.45, 7) is 6.96. The molecule has 0 heterocycles. The maximum Gasteiger partial charge on any atom is 0.144 e. The molecule has 1 aromatic carbocycles. The lowest BCUT2D eigenvalue weighted by atomic mass is 9.86. The van der Waals surface area contributed by atoms with Crippen molar-refractivity contribution in [3.05, 3.63) is 29.8 Å². The molecule has 0 bridgehead atoms. The maximum absolute atomic E-state index is 8.75. The summed E-state index contributed by atoms with van der Waals surface area (Å²) in [7, 11) is 1.67. The summed E-state index contributed by atoms with van der Waals surface area (Å²) in [5.41, 5.74) is 6.60. The Morgan fingerprint density at radius 1 is 1.48 bits per heavy atom. The lowest BCUT2D eigenvalue weighted by Crippen LogP contribution is -2.32. The number of nitrogens with zero attached hydrogens (tertiary/aromatic N) is 1. The van der Waals surface area contributed by atoms with Crippen molar-refractivity contribution in [3.63, 3.8) is 0 Å². The molecule has 0 aliphatic carbocycles. The minimum atomic E-state index is -0.282. The van der Waals surface area contributed by atoms with Crippen molar-refractivity contribution < 1.29 is 9.94 Å². The highest BCUT2D eigenvalue weighted by Gasteiger charge is 2.22. The summed E-state index contributed by atoms with van der Waals surface area (Å²) in [5.74, 6) is 1.15. The summed E-state index contributed by atoms with van der Waals surface area (Å²) in [6.07, 6.45) is 1.82. The van der Waals surface area contributed by atoms with Gasteiger partial charge in [-0.05, 0) is 44.0 Å². The molecule has 0 saturated carbocycles. The quantitative estimate of drug-likeness (QED) is 0.226. The third kappa shape index (κ3) is 5.27. The van der Waals surface area contributed by atoms with Gasteiger partial charge in [-0.3, -0.25) is 0 Å². The number of amidine groups is 1. The van der Waals surface area contributed by atoms with Gasteiger partial charge in [0.2, 0.25) is 0 Å². The highest BCUT2D eigenvalue weighted by Crippen LogP contribution is 2.23. The van der Waals surface area contributed by atoms with E-state index in [0.29, 0.717) is 0 Å². The molecule has 5 heteroatoms. The van der Waals surface area contributed by atoms with Gasteiger partial charge in [-0.1, -0.05) is 31.1 Å². The Morgan fingerprint density at radius 3 is 2.81 bits per heavy atom. The summed E-state index contributed by atoms with van der Waals surface area (Å²) in [5, 5.41) is 15.3. The second-order valence-corrected chi connectivity index (χ2v) is 5.93. The van der Waals surface area contributed by atoms with Crippen LogP contribution in [0.15, 0.2) is 29.4 Å². The molecule has 0 amide bonds. The average Bonchev–Trinajstić information content (AvgIpc) is 2.50. The fourth-order valence-electron chi connectivity index (χ4n) is 2.14. The lowest BCUT2D eigenvalue weighted by molar-refractivity contribution is 0.304. The predicted molar refractivity (Wildman–Crippen MR) is 85.8 cm³/mol. The zero-order valence-electron chi connectivity index (χ0n) is 13.4. The van der Waals surface area contributed by atoms with E-state index in [-0.39, 0.29) is 17.3 Å². The third-order valence-corrected chi connectivity index (χ3v) is 3.82. The molecule has 0 unspecified atom stereocenters. The third-order valence-electron chi connectivity index (χ3n) is 3.82. The van der Waals surface area contributed by atoms with Gasteiger partial charge < -0.3 is 21.0 Å². The van der Waals surface area contributed by atoms with Crippen LogP contribution < -0.4 is 15.8 Å². The Morgan fingerprint density at radius 2 is 2.19 bits per heavy atom. The second kappa shape index (κ2) is 7.88. The van der Waals surface area contributed by atoms with Crippen molar-refractivity contribution in [2.24, 2.45) is 16.3 Å². The summed E-state index contributed by atoms with van der Waals surface area (Å²) in [4.78, 5) is 0. The van der Waals surface area contributed by atoms with E-state index in [1.54, 1.807) is 7.11 Å². The van der Waals surface area contributed by atoms with E-state index in [1.165, 1.54) is 5.56 Å². The number of hydrogen-bond acceptors (Lipinski definition) is 4. The van der Waals surface area contributed by atoms with Crippen molar-refractivity contribution >= 4 is 5.84 Å². The van der Waals surface area contributed by atoms with Crippen molar-refractivity contribution in [3.8, 4) is 5.75 Å². The number of oxime groups is 1. The highest BCUT2D eigenvalue weighted by atomic mass is 16.5. The van der Waals surface area contributed by atoms with Crippen molar-refractivity contribution in [2.45, 2.75) is 39.7 Å². The molecule has 21 heavy (non-hydrogen) atoms. The molecule has 0 spiro atoms. The van der Waals surface area contributed by atoms with Gasteiger partial charge >= 0.3 is 0 Å². The molecule has 4 N–H and O–H groups in total. The highest BCUT2D eigenvalue weighted by molar-refractivity contribution is 5.85. The smallest absolute Gasteiger partial charge is 0.144 e. The Balaban J connectivity index is 2.42. The van der Waals surface area contributed by atoms with Crippen LogP contribution in [0.4, 0.5) is 0 Å². The topological polar surface area (TPSA) is 79.9 Å². The van der Waals surface area contributed by atoms with Crippen LogP contribution in [-0.2, 0) is 0 Å². The van der Waals surface area contributed by atoms with Crippen LogP contribution in [0.1, 0.15) is 45.2 Å². The Labute approximate surface area is 127 Å². The van der Waals surface area contributed by atoms with Gasteiger partial charge in [0, 0.05) is 11.5 Å². The number of benzene rings is 1. The van der Waals surface area contributed by atoms with E-state index < -0.39 is 0 Å². The molecule has 0 aliphatic heterocycles. The zero-order chi connectivity index (χ0) is 15.9. The number of nitrogens with one attached hydrogen (secondary N) is 1. The van der Waals surface area contributed by atoms with E-state index in [2.05, 4.69) is 23.5 Å². The summed E-state index contributed by atoms with van der Waals surface area (Å²) < 4.78 is 5.24. The van der Waals surface area contributed by atoms with Crippen LogP contribution in [0, 0.1) is 5.41 Å². The van der Waals surface area contributed by atoms with Gasteiger partial charge in [-0.25, -0.2) is 0 Å². The lowest BCUT2D eigenvalue weighted by Gasteiger charge is -2.23. The maximum atomic E-state index is 8.75. The molecule has 1 aromatic rings. The fourth-order valence-corrected chi connectivity index (χ4v) is 2.14. The SMILES string of the molecule is COc1cccc([C@@H](C)NCCCC(C)(C)/C(N)=N/O)c1. The van der Waals surface area contributed by atoms with E-state index in [1.807, 2.05) is 32.0 Å². The molecule has 1 rings (SSSR count). The Bertz CT molecular complexity index is 472. The van der Waals surface area contributed by atoms with Crippen LogP contribution >= 0.6 is 0 Å². The van der Waals surface area contributed by atoms with E-state index in [9.17, 15) is 0 Å². The van der Waals surface area contributed by atoms with E-state index >= 15 is 0 Å². The molecule has 0 saturated heterocycles. The van der Waals surface area contributed by atoms with Crippen LogP contribution in [0.5, 0.6) is 5.75 Å². The van der Waals surface area contributed by atoms with Crippen molar-refractivity contribution in [1.29, 1.82) is 0 Å². The first-order chi connectivity index (χ1) is 9.90. The van der Waals surface area contributed by atoms with Crippen LogP contribution in [0.2, 0.25) is 0 Å². The molecule has 1 atom stereocenters. The van der Waals surface area contributed by atoms with E-state index in [0.717, 1.165) is 25.1 Å². The van der Waals surface area contributed by atoms with Crippen molar-refractivity contribution in [1.82, 2.24) is 5.32 Å². The molecule has 0 fully saturated rings. The molecular formula is C16H27N3O2. The van der Waals surface area contributed by atoms with Crippen LogP contribution in [0.25, 0.3) is 0 Å². The number of hydrogen-bond donors (Lipinski definition) is 3. The summed E-state index contributed by atoms with van der Waals surface area (Å²) in [6, 6.07) is 8.31. The molecule has 0 radical (unpaired) electrons. The Kier molecular flexibility index (Phi) is 6.49. The Hall–Kier alpha value is -1.75.